The molecule has 3 atom stereocenters. The number of benzene rings is 1. The number of rotatable bonds is 3. The van der Waals surface area contributed by atoms with E-state index < -0.39 is 0 Å². The van der Waals surface area contributed by atoms with Crippen LogP contribution in [0.2, 0.25) is 0 Å². The molecule has 0 bridgehead atoms. The van der Waals surface area contributed by atoms with E-state index in [1.54, 1.807) is 0 Å². The SMILES string of the molecule is CC(C)=C[C@@H]1[C@H](C(=O)N2CCC[C@H](c3nc4ccccc4o3)C2)C1(C)C. The average Bonchev–Trinajstić information content (AvgIpc) is 2.96. The smallest absolute Gasteiger partial charge is 0.226 e. The van der Waals surface area contributed by atoms with Crippen LogP contribution < -0.4 is 0 Å². The van der Waals surface area contributed by atoms with Crippen LogP contribution in [-0.4, -0.2) is 28.9 Å². The molecule has 0 radical (unpaired) electrons. The summed E-state index contributed by atoms with van der Waals surface area (Å²) >= 11 is 0. The van der Waals surface area contributed by atoms with Crippen LogP contribution >= 0.6 is 0 Å². The number of oxazole rings is 1. The molecule has 2 heterocycles. The molecule has 4 nitrogen and oxygen atoms in total. The standard InChI is InChI=1S/C22H28N2O2/c1-14(2)12-16-19(22(16,3)4)21(25)24-11-7-8-15(13-24)20-23-17-9-5-6-10-18(17)26-20/h5-6,9-10,12,15-16,19H,7-8,11,13H2,1-4H3/t15-,16+,19+/m0/s1. The fourth-order valence-electron chi connectivity index (χ4n) is 4.46. The highest BCUT2D eigenvalue weighted by Crippen LogP contribution is 2.60. The summed E-state index contributed by atoms with van der Waals surface area (Å²) in [6, 6.07) is 7.87. The molecule has 1 amide bonds. The van der Waals surface area contributed by atoms with Gasteiger partial charge in [0.15, 0.2) is 11.5 Å². The third-order valence-corrected chi connectivity index (χ3v) is 6.08. The first-order valence-electron chi connectivity index (χ1n) is 9.67. The lowest BCUT2D eigenvalue weighted by atomic mass is 9.97. The van der Waals surface area contributed by atoms with Gasteiger partial charge >= 0.3 is 0 Å². The molecular formula is C22H28N2O2. The molecular weight excluding hydrogens is 324 g/mol. The fourth-order valence-corrected chi connectivity index (χ4v) is 4.46. The van der Waals surface area contributed by atoms with Gasteiger partial charge in [-0.1, -0.05) is 37.6 Å². The number of amides is 1. The van der Waals surface area contributed by atoms with Crippen molar-refractivity contribution < 1.29 is 9.21 Å². The van der Waals surface area contributed by atoms with Crippen molar-refractivity contribution in [2.24, 2.45) is 17.3 Å². The van der Waals surface area contributed by atoms with Gasteiger partial charge < -0.3 is 9.32 Å². The van der Waals surface area contributed by atoms with Crippen molar-refractivity contribution in [3.63, 3.8) is 0 Å². The van der Waals surface area contributed by atoms with E-state index in [2.05, 4.69) is 38.8 Å². The van der Waals surface area contributed by atoms with Crippen LogP contribution in [0.5, 0.6) is 0 Å². The van der Waals surface area contributed by atoms with Gasteiger partial charge in [0.25, 0.3) is 0 Å². The molecule has 0 unspecified atom stereocenters. The van der Waals surface area contributed by atoms with Gasteiger partial charge in [-0.05, 0) is 50.2 Å². The number of allylic oxidation sites excluding steroid dienone is 2. The Balaban J connectivity index is 1.50. The third kappa shape index (κ3) is 2.95. The van der Waals surface area contributed by atoms with Gasteiger partial charge in [0, 0.05) is 13.1 Å². The Morgan fingerprint density at radius 3 is 2.81 bits per heavy atom. The Kier molecular flexibility index (Phi) is 4.17. The molecule has 2 fully saturated rings. The van der Waals surface area contributed by atoms with Crippen LogP contribution in [0.15, 0.2) is 40.3 Å². The fraction of sp³-hybridized carbons (Fsp3) is 0.545. The zero-order valence-corrected chi connectivity index (χ0v) is 16.2. The number of hydrogen-bond donors (Lipinski definition) is 0. The molecule has 1 aromatic carbocycles. The second-order valence-corrected chi connectivity index (χ2v) is 8.71. The molecule has 1 saturated carbocycles. The monoisotopic (exact) mass is 352 g/mol. The molecule has 4 heteroatoms. The predicted octanol–water partition coefficient (Wildman–Crippen LogP) is 4.77. The van der Waals surface area contributed by atoms with Gasteiger partial charge in [0.1, 0.15) is 5.52 Å². The molecule has 1 aliphatic carbocycles. The normalized spacial score (nSPS) is 27.4. The predicted molar refractivity (Wildman–Crippen MR) is 103 cm³/mol. The van der Waals surface area contributed by atoms with Crippen LogP contribution in [0.3, 0.4) is 0 Å². The van der Waals surface area contributed by atoms with Crippen LogP contribution in [0.4, 0.5) is 0 Å². The molecule has 4 rings (SSSR count). The molecule has 138 valence electrons. The summed E-state index contributed by atoms with van der Waals surface area (Å²) in [4.78, 5) is 19.9. The lowest BCUT2D eigenvalue weighted by Crippen LogP contribution is -2.40. The molecule has 2 aromatic rings. The van der Waals surface area contributed by atoms with E-state index in [1.165, 1.54) is 5.57 Å². The summed E-state index contributed by atoms with van der Waals surface area (Å²) in [5.74, 6) is 1.76. The minimum atomic E-state index is 0.0684. The zero-order valence-electron chi connectivity index (χ0n) is 16.2. The number of nitrogens with zero attached hydrogens (tertiary/aromatic N) is 2. The minimum Gasteiger partial charge on any atom is -0.440 e. The maximum atomic E-state index is 13.2. The van der Waals surface area contributed by atoms with E-state index in [0.717, 1.165) is 42.9 Å². The minimum absolute atomic E-state index is 0.0684. The number of carbonyl (C=O) groups is 1. The molecule has 2 aliphatic rings. The summed E-state index contributed by atoms with van der Waals surface area (Å²) < 4.78 is 5.97. The highest BCUT2D eigenvalue weighted by atomic mass is 16.3. The lowest BCUT2D eigenvalue weighted by molar-refractivity contribution is -0.134. The largest absolute Gasteiger partial charge is 0.440 e. The van der Waals surface area contributed by atoms with Gasteiger partial charge in [0.2, 0.25) is 5.91 Å². The number of fused-ring (bicyclic) bond motifs is 1. The van der Waals surface area contributed by atoms with E-state index in [1.807, 2.05) is 29.2 Å². The summed E-state index contributed by atoms with van der Waals surface area (Å²) in [6.07, 6.45) is 4.31. The summed E-state index contributed by atoms with van der Waals surface area (Å²) in [6.45, 7) is 10.2. The lowest BCUT2D eigenvalue weighted by Gasteiger charge is -2.31. The van der Waals surface area contributed by atoms with Crippen LogP contribution in [0.1, 0.15) is 52.3 Å². The number of aromatic nitrogens is 1. The Hall–Kier alpha value is -2.10. The second kappa shape index (κ2) is 6.26. The van der Waals surface area contributed by atoms with Crippen LogP contribution in [0.25, 0.3) is 11.1 Å². The molecule has 26 heavy (non-hydrogen) atoms. The van der Waals surface area contributed by atoms with Crippen molar-refractivity contribution in [2.75, 3.05) is 13.1 Å². The highest BCUT2D eigenvalue weighted by molar-refractivity contribution is 5.84. The Morgan fingerprint density at radius 2 is 2.08 bits per heavy atom. The van der Waals surface area contributed by atoms with E-state index in [-0.39, 0.29) is 17.3 Å². The van der Waals surface area contributed by atoms with Gasteiger partial charge in [0.05, 0.1) is 11.8 Å². The molecule has 0 spiro atoms. The maximum absolute atomic E-state index is 13.2. The van der Waals surface area contributed by atoms with Crippen molar-refractivity contribution in [1.29, 1.82) is 0 Å². The van der Waals surface area contributed by atoms with Gasteiger partial charge in [-0.25, -0.2) is 4.98 Å². The van der Waals surface area contributed by atoms with E-state index in [9.17, 15) is 4.79 Å². The van der Waals surface area contributed by atoms with Crippen molar-refractivity contribution in [3.05, 3.63) is 41.8 Å². The van der Waals surface area contributed by atoms with E-state index in [4.69, 9.17) is 4.42 Å². The molecule has 0 N–H and O–H groups in total. The average molecular weight is 352 g/mol. The van der Waals surface area contributed by atoms with Crippen molar-refractivity contribution in [3.8, 4) is 0 Å². The first kappa shape index (κ1) is 17.3. The van der Waals surface area contributed by atoms with Gasteiger partial charge in [-0.15, -0.1) is 0 Å². The number of carbonyl (C=O) groups excluding carboxylic acids is 1. The van der Waals surface area contributed by atoms with E-state index >= 15 is 0 Å². The Bertz CT molecular complexity index is 827. The van der Waals surface area contributed by atoms with Crippen LogP contribution in [-0.2, 0) is 4.79 Å². The number of likely N-dealkylation sites (tertiary alicyclic amines) is 1. The van der Waals surface area contributed by atoms with Crippen LogP contribution in [0, 0.1) is 17.3 Å². The number of hydrogen-bond acceptors (Lipinski definition) is 3. The molecule has 1 saturated heterocycles. The molecule has 1 aromatic heterocycles. The first-order chi connectivity index (χ1) is 12.4. The maximum Gasteiger partial charge on any atom is 0.226 e. The summed E-state index contributed by atoms with van der Waals surface area (Å²) in [7, 11) is 0. The number of para-hydroxylation sites is 2. The van der Waals surface area contributed by atoms with Crippen molar-refractivity contribution >= 4 is 17.0 Å². The quantitative estimate of drug-likeness (QED) is 0.747. The van der Waals surface area contributed by atoms with Crippen molar-refractivity contribution in [2.45, 2.75) is 46.5 Å². The van der Waals surface area contributed by atoms with Gasteiger partial charge in [-0.2, -0.15) is 0 Å². The second-order valence-electron chi connectivity index (χ2n) is 8.71. The van der Waals surface area contributed by atoms with E-state index in [0.29, 0.717) is 11.8 Å². The van der Waals surface area contributed by atoms with Crippen molar-refractivity contribution in [1.82, 2.24) is 9.88 Å². The highest BCUT2D eigenvalue weighted by Gasteiger charge is 2.61. The molecule has 1 aliphatic heterocycles. The first-order valence-corrected chi connectivity index (χ1v) is 9.67. The Morgan fingerprint density at radius 1 is 1.31 bits per heavy atom. The zero-order chi connectivity index (χ0) is 18.5. The topological polar surface area (TPSA) is 46.3 Å². The number of piperidine rings is 1. The van der Waals surface area contributed by atoms with Gasteiger partial charge in [-0.3, -0.25) is 4.79 Å². The Labute approximate surface area is 155 Å². The summed E-state index contributed by atoms with van der Waals surface area (Å²) in [5, 5.41) is 0. The third-order valence-electron chi connectivity index (χ3n) is 6.08. The summed E-state index contributed by atoms with van der Waals surface area (Å²) in [5.41, 5.74) is 3.09.